The summed E-state index contributed by atoms with van der Waals surface area (Å²) in [5, 5.41) is 0. The van der Waals surface area contributed by atoms with Crippen molar-refractivity contribution in [3.8, 4) is 0 Å². The van der Waals surface area contributed by atoms with Crippen molar-refractivity contribution in [2.45, 2.75) is 31.8 Å². The first-order chi connectivity index (χ1) is 8.08. The molecule has 0 aromatic carbocycles. The Labute approximate surface area is 102 Å². The van der Waals surface area contributed by atoms with Crippen LogP contribution in [0.2, 0.25) is 0 Å². The zero-order valence-corrected chi connectivity index (χ0v) is 10.4. The third-order valence-corrected chi connectivity index (χ3v) is 3.45. The summed E-state index contributed by atoms with van der Waals surface area (Å²) in [7, 11) is 2.14. The summed E-state index contributed by atoms with van der Waals surface area (Å²) in [6.07, 6.45) is 3.83. The van der Waals surface area contributed by atoms with E-state index in [-0.39, 0.29) is 11.9 Å². The fourth-order valence-electron chi connectivity index (χ4n) is 2.11. The maximum absolute atomic E-state index is 12.8. The third-order valence-electron chi connectivity index (χ3n) is 3.45. The van der Waals surface area contributed by atoms with Gasteiger partial charge in [0.05, 0.1) is 17.9 Å². The van der Waals surface area contributed by atoms with Crippen molar-refractivity contribution in [1.29, 1.82) is 0 Å². The van der Waals surface area contributed by atoms with Crippen LogP contribution < -0.4 is 5.73 Å². The summed E-state index contributed by atoms with van der Waals surface area (Å²) in [6.45, 7) is 3.08. The fourth-order valence-corrected chi connectivity index (χ4v) is 2.11. The van der Waals surface area contributed by atoms with Gasteiger partial charge < -0.3 is 10.6 Å². The molecular weight excluding hydrogens is 217 g/mol. The number of rotatable bonds is 5. The van der Waals surface area contributed by atoms with Crippen molar-refractivity contribution < 1.29 is 4.39 Å². The lowest BCUT2D eigenvalue weighted by atomic mass is 9.98. The Morgan fingerprint density at radius 1 is 1.53 bits per heavy atom. The molecule has 2 atom stereocenters. The second kappa shape index (κ2) is 5.10. The van der Waals surface area contributed by atoms with Crippen LogP contribution in [0.4, 0.5) is 4.39 Å². The van der Waals surface area contributed by atoms with Crippen molar-refractivity contribution in [1.82, 2.24) is 9.88 Å². The van der Waals surface area contributed by atoms with Crippen molar-refractivity contribution in [3.05, 3.63) is 29.8 Å². The minimum absolute atomic E-state index is 0.128. The van der Waals surface area contributed by atoms with E-state index in [1.54, 1.807) is 6.07 Å². The van der Waals surface area contributed by atoms with Gasteiger partial charge in [-0.25, -0.2) is 4.39 Å². The second-order valence-corrected chi connectivity index (χ2v) is 5.08. The topological polar surface area (TPSA) is 42.1 Å². The van der Waals surface area contributed by atoms with Gasteiger partial charge in [-0.3, -0.25) is 4.98 Å². The van der Waals surface area contributed by atoms with E-state index in [0.29, 0.717) is 5.92 Å². The molecule has 1 aromatic heterocycles. The highest BCUT2D eigenvalue weighted by Gasteiger charge is 2.28. The Morgan fingerprint density at radius 3 is 2.76 bits per heavy atom. The number of nitrogens with two attached hydrogens (primary N) is 1. The van der Waals surface area contributed by atoms with Crippen LogP contribution in [0.25, 0.3) is 0 Å². The predicted molar refractivity (Wildman–Crippen MR) is 65.9 cm³/mol. The molecule has 1 aromatic rings. The van der Waals surface area contributed by atoms with Gasteiger partial charge in [0.25, 0.3) is 0 Å². The highest BCUT2D eigenvalue weighted by atomic mass is 19.1. The summed E-state index contributed by atoms with van der Waals surface area (Å²) < 4.78 is 12.8. The Kier molecular flexibility index (Phi) is 3.74. The van der Waals surface area contributed by atoms with E-state index in [1.807, 2.05) is 0 Å². The lowest BCUT2D eigenvalue weighted by molar-refractivity contribution is 0.255. The summed E-state index contributed by atoms with van der Waals surface area (Å²) in [4.78, 5) is 6.40. The normalized spacial score (nSPS) is 19.4. The van der Waals surface area contributed by atoms with Gasteiger partial charge in [-0.1, -0.05) is 6.92 Å². The average Bonchev–Trinajstić information content (AvgIpc) is 3.12. The lowest BCUT2D eigenvalue weighted by Crippen LogP contribution is -2.32. The van der Waals surface area contributed by atoms with Crippen LogP contribution in [0, 0.1) is 11.7 Å². The Hall–Kier alpha value is -1.00. The molecule has 1 saturated carbocycles. The van der Waals surface area contributed by atoms with E-state index in [0.717, 1.165) is 18.3 Å². The van der Waals surface area contributed by atoms with Gasteiger partial charge in [0, 0.05) is 12.6 Å². The molecule has 0 amide bonds. The first-order valence-electron chi connectivity index (χ1n) is 6.15. The monoisotopic (exact) mass is 237 g/mol. The van der Waals surface area contributed by atoms with Crippen molar-refractivity contribution in [3.63, 3.8) is 0 Å². The summed E-state index contributed by atoms with van der Waals surface area (Å²) >= 11 is 0. The zero-order valence-electron chi connectivity index (χ0n) is 10.4. The first-order valence-corrected chi connectivity index (χ1v) is 6.15. The van der Waals surface area contributed by atoms with Gasteiger partial charge >= 0.3 is 0 Å². The number of aromatic nitrogens is 1. The lowest BCUT2D eigenvalue weighted by Gasteiger charge is -2.25. The fraction of sp³-hybridized carbons (Fsp3) is 0.615. The molecule has 2 N–H and O–H groups in total. The zero-order chi connectivity index (χ0) is 12.4. The molecule has 0 spiro atoms. The molecule has 2 rings (SSSR count). The Bertz CT molecular complexity index is 361. The van der Waals surface area contributed by atoms with Crippen LogP contribution in [0.3, 0.4) is 0 Å². The van der Waals surface area contributed by atoms with Crippen LogP contribution in [0.1, 0.15) is 31.5 Å². The van der Waals surface area contributed by atoms with E-state index in [1.165, 1.54) is 25.1 Å². The molecule has 17 heavy (non-hydrogen) atoms. The molecule has 0 aliphatic heterocycles. The minimum atomic E-state index is -0.316. The van der Waals surface area contributed by atoms with Crippen LogP contribution in [-0.2, 0) is 0 Å². The molecule has 4 heteroatoms. The van der Waals surface area contributed by atoms with Gasteiger partial charge in [-0.2, -0.15) is 0 Å². The highest BCUT2D eigenvalue weighted by Crippen LogP contribution is 2.27. The van der Waals surface area contributed by atoms with Crippen LogP contribution >= 0.6 is 0 Å². The summed E-state index contributed by atoms with van der Waals surface area (Å²) in [5.41, 5.74) is 6.91. The SMILES string of the molecule is CC(CN(C)C1CC1)C(N)c1ccc(F)cn1. The molecule has 1 aliphatic carbocycles. The van der Waals surface area contributed by atoms with Crippen molar-refractivity contribution in [2.24, 2.45) is 11.7 Å². The molecule has 1 heterocycles. The van der Waals surface area contributed by atoms with E-state index >= 15 is 0 Å². The highest BCUT2D eigenvalue weighted by molar-refractivity contribution is 5.10. The maximum Gasteiger partial charge on any atom is 0.141 e. The molecular formula is C13H20FN3. The van der Waals surface area contributed by atoms with Crippen LogP contribution in [0.15, 0.2) is 18.3 Å². The second-order valence-electron chi connectivity index (χ2n) is 5.08. The largest absolute Gasteiger partial charge is 0.322 e. The summed E-state index contributed by atoms with van der Waals surface area (Å²) in [5.74, 6) is 0.00210. The molecule has 0 saturated heterocycles. The van der Waals surface area contributed by atoms with E-state index < -0.39 is 0 Å². The van der Waals surface area contributed by atoms with Gasteiger partial charge in [0.2, 0.25) is 0 Å². The van der Waals surface area contributed by atoms with E-state index in [2.05, 4.69) is 23.9 Å². The average molecular weight is 237 g/mol. The van der Waals surface area contributed by atoms with Gasteiger partial charge in [0.1, 0.15) is 5.82 Å². The van der Waals surface area contributed by atoms with Crippen LogP contribution in [0.5, 0.6) is 0 Å². The molecule has 94 valence electrons. The molecule has 3 nitrogen and oxygen atoms in total. The number of halogens is 1. The quantitative estimate of drug-likeness (QED) is 0.851. The van der Waals surface area contributed by atoms with Gasteiger partial charge in [-0.15, -0.1) is 0 Å². The first kappa shape index (κ1) is 12.5. The predicted octanol–water partition coefficient (Wildman–Crippen LogP) is 1.95. The smallest absolute Gasteiger partial charge is 0.141 e. The number of pyridine rings is 1. The number of hydrogen-bond acceptors (Lipinski definition) is 3. The van der Waals surface area contributed by atoms with Gasteiger partial charge in [-0.05, 0) is 37.9 Å². The van der Waals surface area contributed by atoms with Crippen molar-refractivity contribution >= 4 is 0 Å². The molecule has 1 aliphatic rings. The Balaban J connectivity index is 1.93. The number of hydrogen-bond donors (Lipinski definition) is 1. The Morgan fingerprint density at radius 2 is 2.24 bits per heavy atom. The van der Waals surface area contributed by atoms with Gasteiger partial charge in [0.15, 0.2) is 0 Å². The van der Waals surface area contributed by atoms with E-state index in [4.69, 9.17) is 5.73 Å². The van der Waals surface area contributed by atoms with Crippen molar-refractivity contribution in [2.75, 3.05) is 13.6 Å². The maximum atomic E-state index is 12.8. The van der Waals surface area contributed by atoms with Crippen LogP contribution in [-0.4, -0.2) is 29.5 Å². The molecule has 1 fully saturated rings. The molecule has 2 unspecified atom stereocenters. The molecule has 0 radical (unpaired) electrons. The number of nitrogens with zero attached hydrogens (tertiary/aromatic N) is 2. The molecule has 0 bridgehead atoms. The minimum Gasteiger partial charge on any atom is -0.322 e. The third kappa shape index (κ3) is 3.23. The van der Waals surface area contributed by atoms with E-state index in [9.17, 15) is 4.39 Å². The summed E-state index contributed by atoms with van der Waals surface area (Å²) in [6, 6.07) is 3.70. The standard InChI is InChI=1S/C13H20FN3/c1-9(8-17(2)11-4-5-11)13(15)12-6-3-10(14)7-16-12/h3,6-7,9,11,13H,4-5,8,15H2,1-2H3.